The second-order valence-corrected chi connectivity index (χ2v) is 13.5. The molecule has 2 bridgehead atoms. The van der Waals surface area contributed by atoms with Crippen LogP contribution in [-0.2, 0) is 23.1 Å². The second-order valence-electron chi connectivity index (χ2n) is 13.5. The molecule has 3 aliphatic rings. The van der Waals surface area contributed by atoms with Gasteiger partial charge in [0, 0.05) is 43.2 Å². The minimum atomic E-state index is -0.416. The van der Waals surface area contributed by atoms with Crippen LogP contribution in [0, 0.1) is 5.41 Å². The molecule has 3 atom stereocenters. The number of likely N-dealkylation sites (tertiary alicyclic amines) is 1. The smallest absolute Gasteiger partial charge is 0.254 e. The summed E-state index contributed by atoms with van der Waals surface area (Å²) in [5.41, 5.74) is 10.6. The van der Waals surface area contributed by atoms with Crippen LogP contribution in [-0.4, -0.2) is 74.8 Å². The Hall–Kier alpha value is -3.96. The number of aryl methyl sites for hydroxylation is 2. The van der Waals surface area contributed by atoms with Crippen LogP contribution < -0.4 is 15.8 Å². The van der Waals surface area contributed by atoms with Crippen LogP contribution in [0.3, 0.4) is 0 Å². The van der Waals surface area contributed by atoms with Crippen LogP contribution in [0.2, 0.25) is 0 Å². The molecule has 2 amide bonds. The molecule has 1 aromatic carbocycles. The summed E-state index contributed by atoms with van der Waals surface area (Å²) in [6.45, 7) is 6.49. The van der Waals surface area contributed by atoms with Crippen molar-refractivity contribution in [1.29, 1.82) is 0 Å². The Kier molecular flexibility index (Phi) is 8.01. The van der Waals surface area contributed by atoms with Crippen molar-refractivity contribution in [2.75, 3.05) is 26.9 Å². The number of piperidine rings is 1. The van der Waals surface area contributed by atoms with Gasteiger partial charge in [-0.1, -0.05) is 19.3 Å². The SMILES string of the molecule is COc1cc(C(=O)N2CCC[C@@H](N)[C@H]2C)cc2nc(-c3cc4ccc5nc4n3CCCCCCC3(COC3)C(=O)N[C@@H]5C)n(C)c12. The fourth-order valence-electron chi connectivity index (χ4n) is 7.49. The maximum absolute atomic E-state index is 13.7. The first-order valence-corrected chi connectivity index (χ1v) is 16.7. The molecule has 2 fully saturated rings. The normalized spacial score (nSPS) is 23.8. The van der Waals surface area contributed by atoms with Gasteiger partial charge in [0.05, 0.1) is 48.7 Å². The third-order valence-electron chi connectivity index (χ3n) is 10.5. The Bertz CT molecular complexity index is 1810. The molecule has 11 heteroatoms. The molecule has 0 aliphatic carbocycles. The van der Waals surface area contributed by atoms with E-state index in [9.17, 15) is 9.59 Å². The quantitative estimate of drug-likeness (QED) is 0.337. The van der Waals surface area contributed by atoms with Crippen molar-refractivity contribution in [2.45, 2.75) is 83.5 Å². The van der Waals surface area contributed by atoms with Crippen LogP contribution in [0.1, 0.15) is 80.9 Å². The van der Waals surface area contributed by atoms with E-state index >= 15 is 0 Å². The first-order chi connectivity index (χ1) is 22.2. The predicted molar refractivity (Wildman–Crippen MR) is 177 cm³/mol. The van der Waals surface area contributed by atoms with Gasteiger partial charge in [-0.05, 0) is 69.9 Å². The van der Waals surface area contributed by atoms with Gasteiger partial charge in [-0.2, -0.15) is 0 Å². The minimum Gasteiger partial charge on any atom is -0.494 e. The molecule has 1 spiro atoms. The van der Waals surface area contributed by atoms with Gasteiger partial charge >= 0.3 is 0 Å². The highest BCUT2D eigenvalue weighted by atomic mass is 16.5. The number of ether oxygens (including phenoxy) is 2. The zero-order chi connectivity index (χ0) is 32.2. The van der Waals surface area contributed by atoms with E-state index in [4.69, 9.17) is 25.2 Å². The van der Waals surface area contributed by atoms with Gasteiger partial charge in [-0.3, -0.25) is 9.59 Å². The van der Waals surface area contributed by atoms with E-state index in [0.717, 1.165) is 85.3 Å². The first kappa shape index (κ1) is 30.7. The van der Waals surface area contributed by atoms with Crippen LogP contribution in [0.15, 0.2) is 30.3 Å². The summed E-state index contributed by atoms with van der Waals surface area (Å²) < 4.78 is 15.7. The van der Waals surface area contributed by atoms with E-state index in [1.165, 1.54) is 0 Å². The summed E-state index contributed by atoms with van der Waals surface area (Å²) >= 11 is 0. The summed E-state index contributed by atoms with van der Waals surface area (Å²) in [5.74, 6) is 1.39. The number of nitrogens with two attached hydrogens (primary N) is 1. The number of pyridine rings is 1. The van der Waals surface area contributed by atoms with E-state index < -0.39 is 5.41 Å². The maximum atomic E-state index is 13.7. The summed E-state index contributed by atoms with van der Waals surface area (Å²) in [6, 6.07) is 9.63. The number of nitrogens with zero attached hydrogens (tertiary/aromatic N) is 5. The van der Waals surface area contributed by atoms with Crippen LogP contribution in [0.4, 0.5) is 0 Å². The van der Waals surface area contributed by atoms with Gasteiger partial charge in [0.15, 0.2) is 5.82 Å². The predicted octanol–water partition coefficient (Wildman–Crippen LogP) is 4.71. The van der Waals surface area contributed by atoms with Crippen molar-refractivity contribution < 1.29 is 19.1 Å². The highest BCUT2D eigenvalue weighted by Gasteiger charge is 2.45. The largest absolute Gasteiger partial charge is 0.494 e. The molecule has 7 rings (SSSR count). The number of fused-ring (bicyclic) bond motifs is 2. The molecule has 3 N–H and O–H groups in total. The zero-order valence-electron chi connectivity index (χ0n) is 27.3. The van der Waals surface area contributed by atoms with Crippen LogP contribution in [0.5, 0.6) is 5.75 Å². The molecule has 11 nitrogen and oxygen atoms in total. The number of aromatic nitrogens is 4. The van der Waals surface area contributed by atoms with Gasteiger partial charge in [0.25, 0.3) is 5.91 Å². The highest BCUT2D eigenvalue weighted by Crippen LogP contribution is 2.37. The van der Waals surface area contributed by atoms with Gasteiger partial charge in [-0.25, -0.2) is 9.97 Å². The average Bonchev–Trinajstić information content (AvgIpc) is 3.56. The number of nitrogens with one attached hydrogen (secondary N) is 1. The molecule has 46 heavy (non-hydrogen) atoms. The lowest BCUT2D eigenvalue weighted by Crippen LogP contribution is -2.54. The third-order valence-corrected chi connectivity index (χ3v) is 10.5. The third kappa shape index (κ3) is 5.13. The summed E-state index contributed by atoms with van der Waals surface area (Å²) in [6.07, 6.45) is 6.74. The molecule has 3 aliphatic heterocycles. The van der Waals surface area contributed by atoms with Crippen molar-refractivity contribution in [1.82, 2.24) is 29.3 Å². The number of imidazole rings is 1. The number of methoxy groups -OCH3 is 1. The Labute approximate surface area is 269 Å². The molecule has 0 saturated carbocycles. The fourth-order valence-corrected chi connectivity index (χ4v) is 7.49. The van der Waals surface area contributed by atoms with Crippen molar-refractivity contribution in [3.63, 3.8) is 0 Å². The van der Waals surface area contributed by atoms with Gasteiger partial charge in [0.1, 0.15) is 16.9 Å². The standard InChI is InChI=1S/C35H45N7O4/c1-21-26-12-11-23-17-28(42(31(23)38-26)14-8-6-5-7-13-35(19-46-20-35)34(44)37-21)32-39-27-16-24(18-29(45-4)30(27)40(32)3)33(43)41-15-9-10-25(36)22(41)2/h11-12,16-18,21-22,25H,5-10,13-15,19-20,36H2,1-4H3,(H,37,44)/t21-,22-,25-/m1/s1. The molecule has 3 aromatic heterocycles. The molecule has 244 valence electrons. The molecular weight excluding hydrogens is 582 g/mol. The van der Waals surface area contributed by atoms with E-state index in [0.29, 0.717) is 36.6 Å². The fraction of sp³-hybridized carbons (Fsp3) is 0.543. The number of carbonyl (C=O) groups excluding carboxylic acids is 2. The number of rotatable bonds is 3. The van der Waals surface area contributed by atoms with E-state index in [-0.39, 0.29) is 29.9 Å². The van der Waals surface area contributed by atoms with E-state index in [1.54, 1.807) is 7.11 Å². The number of carbonyl (C=O) groups is 2. The van der Waals surface area contributed by atoms with Gasteiger partial charge in [0.2, 0.25) is 5.91 Å². The van der Waals surface area contributed by atoms with Crippen LogP contribution in [0.25, 0.3) is 33.6 Å². The van der Waals surface area contributed by atoms with Gasteiger partial charge in [-0.15, -0.1) is 0 Å². The lowest BCUT2D eigenvalue weighted by atomic mass is 9.79. The average molecular weight is 628 g/mol. The topological polar surface area (TPSA) is 130 Å². The van der Waals surface area contributed by atoms with Crippen molar-refractivity contribution in [2.24, 2.45) is 18.2 Å². The minimum absolute atomic E-state index is 0.0306. The molecule has 4 aromatic rings. The van der Waals surface area contributed by atoms with E-state index in [1.807, 2.05) is 44.0 Å². The van der Waals surface area contributed by atoms with Crippen molar-refractivity contribution in [3.05, 3.63) is 41.6 Å². The van der Waals surface area contributed by atoms with Crippen LogP contribution >= 0.6 is 0 Å². The zero-order valence-corrected chi connectivity index (χ0v) is 27.3. The lowest BCUT2D eigenvalue weighted by Gasteiger charge is -2.40. The second kappa shape index (κ2) is 12.0. The lowest BCUT2D eigenvalue weighted by molar-refractivity contribution is -0.164. The first-order valence-electron chi connectivity index (χ1n) is 16.7. The number of benzene rings is 1. The molecule has 0 radical (unpaired) electrons. The molecule has 2 saturated heterocycles. The monoisotopic (exact) mass is 627 g/mol. The Balaban J connectivity index is 1.29. The highest BCUT2D eigenvalue weighted by molar-refractivity contribution is 6.00. The van der Waals surface area contributed by atoms with Crippen molar-refractivity contribution in [3.8, 4) is 17.3 Å². The maximum Gasteiger partial charge on any atom is 0.254 e. The number of hydrogen-bond acceptors (Lipinski definition) is 7. The van der Waals surface area contributed by atoms with Crippen molar-refractivity contribution >= 4 is 33.9 Å². The number of hydrogen-bond donors (Lipinski definition) is 2. The van der Waals surface area contributed by atoms with E-state index in [2.05, 4.69) is 26.6 Å². The molecule has 0 unspecified atom stereocenters. The Morgan fingerprint density at radius 1 is 1.07 bits per heavy atom. The van der Waals surface area contributed by atoms with Gasteiger partial charge < -0.3 is 34.6 Å². The number of amides is 2. The molecular formula is C35H45N7O4. The summed E-state index contributed by atoms with van der Waals surface area (Å²) in [4.78, 5) is 39.2. The summed E-state index contributed by atoms with van der Waals surface area (Å²) in [5, 5.41) is 4.24. The Morgan fingerprint density at radius 2 is 1.87 bits per heavy atom. The molecule has 6 heterocycles. The summed E-state index contributed by atoms with van der Waals surface area (Å²) in [7, 11) is 3.62. The Morgan fingerprint density at radius 3 is 2.63 bits per heavy atom.